The Morgan fingerprint density at radius 3 is 2.27 bits per heavy atom. The molecule has 0 radical (unpaired) electrons. The molecule has 2 aliphatic carbocycles. The molecule has 2 saturated carbocycles. The van der Waals surface area contributed by atoms with Crippen LogP contribution >= 0.6 is 0 Å². The molecule has 64 valence electrons. The average molecular weight is 160 g/mol. The summed E-state index contributed by atoms with van der Waals surface area (Å²) in [6.07, 6.45) is 2.52. The summed E-state index contributed by atoms with van der Waals surface area (Å²) in [6.45, 7) is 3.86. The summed E-state index contributed by atoms with van der Waals surface area (Å²) in [4.78, 5) is 0. The summed E-state index contributed by atoms with van der Waals surface area (Å²) in [6, 6.07) is 0. The first-order valence-corrected chi connectivity index (χ1v) is 4.41. The molecule has 0 bridgehead atoms. The van der Waals surface area contributed by atoms with Gasteiger partial charge in [0.15, 0.2) is 0 Å². The van der Waals surface area contributed by atoms with Gasteiger partial charge in [0, 0.05) is 11.3 Å². The smallest absolute Gasteiger partial charge is 0.206 e. The molecule has 11 heavy (non-hydrogen) atoms. The van der Waals surface area contributed by atoms with Crippen molar-refractivity contribution in [2.45, 2.75) is 39.0 Å². The van der Waals surface area contributed by atoms with E-state index in [1.807, 2.05) is 13.8 Å². The molecule has 2 heteroatoms. The van der Waals surface area contributed by atoms with Gasteiger partial charge in [-0.1, -0.05) is 20.3 Å². The molecule has 0 aromatic heterocycles. The van der Waals surface area contributed by atoms with E-state index in [0.717, 1.165) is 19.3 Å². The van der Waals surface area contributed by atoms with E-state index in [4.69, 9.17) is 0 Å². The Kier molecular flexibility index (Phi) is 1.21. The van der Waals surface area contributed by atoms with Crippen molar-refractivity contribution in [3.8, 4) is 0 Å². The highest BCUT2D eigenvalue weighted by Gasteiger charge is 2.82. The van der Waals surface area contributed by atoms with Crippen LogP contribution in [0.5, 0.6) is 0 Å². The van der Waals surface area contributed by atoms with Gasteiger partial charge in [0.1, 0.15) is 0 Å². The van der Waals surface area contributed by atoms with Gasteiger partial charge in [-0.2, -0.15) is 0 Å². The summed E-state index contributed by atoms with van der Waals surface area (Å²) in [7, 11) is 0. The number of fused-ring (bicyclic) bond motifs is 1. The zero-order valence-corrected chi connectivity index (χ0v) is 7.03. The van der Waals surface area contributed by atoms with Crippen LogP contribution in [0.4, 0.5) is 8.78 Å². The second-order valence-electron chi connectivity index (χ2n) is 4.26. The van der Waals surface area contributed by atoms with Crippen molar-refractivity contribution < 1.29 is 8.78 Å². The molecule has 0 amide bonds. The number of rotatable bonds is 1. The normalized spacial score (nSPS) is 46.1. The zero-order valence-electron chi connectivity index (χ0n) is 7.03. The maximum atomic E-state index is 13.1. The number of alkyl halides is 2. The largest absolute Gasteiger partial charge is 0.257 e. The van der Waals surface area contributed by atoms with E-state index in [1.165, 1.54) is 0 Å². The van der Waals surface area contributed by atoms with Gasteiger partial charge < -0.3 is 0 Å². The topological polar surface area (TPSA) is 0 Å². The molecule has 0 aromatic rings. The van der Waals surface area contributed by atoms with Crippen molar-refractivity contribution in [3.05, 3.63) is 0 Å². The molecule has 2 atom stereocenters. The maximum Gasteiger partial charge on any atom is 0.257 e. The number of hydrogen-bond acceptors (Lipinski definition) is 0. The zero-order chi connectivity index (χ0) is 8.28. The van der Waals surface area contributed by atoms with Crippen LogP contribution in [0, 0.1) is 17.3 Å². The van der Waals surface area contributed by atoms with Gasteiger partial charge in [0.05, 0.1) is 0 Å². The lowest BCUT2D eigenvalue weighted by atomic mass is 9.89. The lowest BCUT2D eigenvalue weighted by molar-refractivity contribution is 0.0293. The molecule has 1 unspecified atom stereocenters. The van der Waals surface area contributed by atoms with Crippen molar-refractivity contribution in [1.29, 1.82) is 0 Å². The quantitative estimate of drug-likeness (QED) is 0.553. The number of halogens is 2. The van der Waals surface area contributed by atoms with Crippen molar-refractivity contribution >= 4 is 0 Å². The Bertz CT molecular complexity index is 186. The Morgan fingerprint density at radius 2 is 2.00 bits per heavy atom. The molecule has 2 aliphatic rings. The van der Waals surface area contributed by atoms with Gasteiger partial charge in [-0.15, -0.1) is 0 Å². The second kappa shape index (κ2) is 1.78. The molecule has 0 nitrogen and oxygen atoms in total. The van der Waals surface area contributed by atoms with Crippen molar-refractivity contribution in [3.63, 3.8) is 0 Å². The molecular weight excluding hydrogens is 146 g/mol. The van der Waals surface area contributed by atoms with Gasteiger partial charge >= 0.3 is 0 Å². The maximum absolute atomic E-state index is 13.1. The summed E-state index contributed by atoms with van der Waals surface area (Å²) in [5, 5.41) is 0. The molecule has 0 N–H and O–H groups in total. The van der Waals surface area contributed by atoms with E-state index in [0.29, 0.717) is 0 Å². The summed E-state index contributed by atoms with van der Waals surface area (Å²) < 4.78 is 26.3. The lowest BCUT2D eigenvalue weighted by Gasteiger charge is -2.17. The predicted octanol–water partition coefficient (Wildman–Crippen LogP) is 3.08. The van der Waals surface area contributed by atoms with Crippen LogP contribution in [0.1, 0.15) is 33.1 Å². The van der Waals surface area contributed by atoms with Crippen LogP contribution in [0.25, 0.3) is 0 Å². The Labute approximate surface area is 66.0 Å². The van der Waals surface area contributed by atoms with Crippen LogP contribution in [-0.2, 0) is 0 Å². The molecular formula is C9H14F2. The highest BCUT2D eigenvalue weighted by atomic mass is 19.3. The summed E-state index contributed by atoms with van der Waals surface area (Å²) in [5.74, 6) is -2.43. The standard InChI is InChI=1S/C9H14F2/c1-6(2)8-5-3-4-7(8)9(8,10)11/h6-7H,3-5H2,1-2H3/t7?,8-/m0/s1. The lowest BCUT2D eigenvalue weighted by Crippen LogP contribution is -2.17. The van der Waals surface area contributed by atoms with Crippen LogP contribution in [0.2, 0.25) is 0 Å². The van der Waals surface area contributed by atoms with E-state index in [2.05, 4.69) is 0 Å². The van der Waals surface area contributed by atoms with Gasteiger partial charge in [-0.05, 0) is 18.8 Å². The Balaban J connectivity index is 2.26. The minimum atomic E-state index is -2.32. The molecule has 2 rings (SSSR count). The Hall–Kier alpha value is -0.140. The Morgan fingerprint density at radius 1 is 1.36 bits per heavy atom. The van der Waals surface area contributed by atoms with Crippen LogP contribution in [-0.4, -0.2) is 5.92 Å². The van der Waals surface area contributed by atoms with Crippen molar-refractivity contribution in [2.24, 2.45) is 17.3 Å². The van der Waals surface area contributed by atoms with Gasteiger partial charge in [-0.3, -0.25) is 0 Å². The first-order valence-electron chi connectivity index (χ1n) is 4.41. The first-order chi connectivity index (χ1) is 5.03. The number of hydrogen-bond donors (Lipinski definition) is 0. The van der Waals surface area contributed by atoms with Gasteiger partial charge in [-0.25, -0.2) is 8.78 Å². The fourth-order valence-electron chi connectivity index (χ4n) is 3.01. The first kappa shape index (κ1) is 7.51. The van der Waals surface area contributed by atoms with E-state index >= 15 is 0 Å². The third kappa shape index (κ3) is 0.600. The molecule has 0 aromatic carbocycles. The fraction of sp³-hybridized carbons (Fsp3) is 1.00. The average Bonchev–Trinajstić information content (AvgIpc) is 2.25. The third-order valence-corrected chi connectivity index (χ3v) is 3.71. The van der Waals surface area contributed by atoms with Gasteiger partial charge in [0.25, 0.3) is 5.92 Å². The van der Waals surface area contributed by atoms with Crippen LogP contribution in [0.15, 0.2) is 0 Å². The van der Waals surface area contributed by atoms with Crippen LogP contribution in [0.3, 0.4) is 0 Å². The summed E-state index contributed by atoms with van der Waals surface area (Å²) in [5.41, 5.74) is -0.576. The van der Waals surface area contributed by atoms with Gasteiger partial charge in [0.2, 0.25) is 0 Å². The van der Waals surface area contributed by atoms with E-state index in [1.54, 1.807) is 0 Å². The molecule has 0 heterocycles. The van der Waals surface area contributed by atoms with Crippen molar-refractivity contribution in [1.82, 2.24) is 0 Å². The highest BCUT2D eigenvalue weighted by molar-refractivity contribution is 5.21. The van der Waals surface area contributed by atoms with Crippen LogP contribution < -0.4 is 0 Å². The summed E-state index contributed by atoms with van der Waals surface area (Å²) >= 11 is 0. The van der Waals surface area contributed by atoms with Crippen molar-refractivity contribution in [2.75, 3.05) is 0 Å². The predicted molar refractivity (Wildman–Crippen MR) is 39.6 cm³/mol. The van der Waals surface area contributed by atoms with E-state index < -0.39 is 11.3 Å². The third-order valence-electron chi connectivity index (χ3n) is 3.71. The second-order valence-corrected chi connectivity index (χ2v) is 4.26. The molecule has 2 fully saturated rings. The highest BCUT2D eigenvalue weighted by Crippen LogP contribution is 2.76. The van der Waals surface area contributed by atoms with E-state index in [-0.39, 0.29) is 11.8 Å². The molecule has 0 aliphatic heterocycles. The minimum absolute atomic E-state index is 0.157. The molecule has 0 spiro atoms. The molecule has 0 saturated heterocycles. The fourth-order valence-corrected chi connectivity index (χ4v) is 3.01. The van der Waals surface area contributed by atoms with E-state index in [9.17, 15) is 8.78 Å². The monoisotopic (exact) mass is 160 g/mol. The SMILES string of the molecule is CC(C)[C@@]12CCCC1C2(F)F. The minimum Gasteiger partial charge on any atom is -0.206 e.